The zero-order valence-electron chi connectivity index (χ0n) is 13.5. The van der Waals surface area contributed by atoms with Crippen LogP contribution in [-0.2, 0) is 0 Å². The van der Waals surface area contributed by atoms with Crippen LogP contribution >= 0.6 is 0 Å². The van der Waals surface area contributed by atoms with Crippen molar-refractivity contribution < 1.29 is 22.5 Å². The van der Waals surface area contributed by atoms with Crippen LogP contribution in [0.5, 0.6) is 0 Å². The van der Waals surface area contributed by atoms with Gasteiger partial charge in [-0.15, -0.1) is 0 Å². The molecule has 0 aliphatic heterocycles. The highest BCUT2D eigenvalue weighted by molar-refractivity contribution is 5.44. The standard InChI is InChI=1S/C9H7F2NO2.C9H9F2N/c10-9(11)5-8(9)6-2-1-3-7(4-6)12(13)14;10-9(11)5-8(9)6-2-1-3-7(12)4-6/h1-4,8H,5H2;1-4,8H,5,12H2. The second-order valence-electron chi connectivity index (χ2n) is 6.56. The zero-order valence-corrected chi connectivity index (χ0v) is 13.5. The SMILES string of the molecule is Nc1cccc(C2CC2(F)F)c1.O=[N+]([O-])c1cccc(C2CC2(F)F)c1. The molecule has 2 atom stereocenters. The Morgan fingerprint density at radius 1 is 0.923 bits per heavy atom. The van der Waals surface area contributed by atoms with Crippen molar-refractivity contribution in [3.63, 3.8) is 0 Å². The number of nitrogens with two attached hydrogens (primary N) is 1. The number of rotatable bonds is 3. The third kappa shape index (κ3) is 3.95. The molecule has 0 radical (unpaired) electrons. The first-order valence-corrected chi connectivity index (χ1v) is 7.95. The molecule has 4 rings (SSSR count). The number of nitrogens with zero attached hydrogens (tertiary/aromatic N) is 1. The third-order valence-corrected chi connectivity index (χ3v) is 4.45. The molecule has 2 aliphatic rings. The van der Waals surface area contributed by atoms with Crippen molar-refractivity contribution >= 4 is 11.4 Å². The summed E-state index contributed by atoms with van der Waals surface area (Å²) in [5.41, 5.74) is 6.89. The molecule has 138 valence electrons. The largest absolute Gasteiger partial charge is 0.399 e. The first kappa shape index (κ1) is 18.2. The smallest absolute Gasteiger partial charge is 0.269 e. The predicted octanol–water partition coefficient (Wildman–Crippen LogP) is 5.11. The van der Waals surface area contributed by atoms with E-state index < -0.39 is 28.6 Å². The molecule has 0 heterocycles. The first-order valence-electron chi connectivity index (χ1n) is 7.95. The Labute approximate surface area is 146 Å². The van der Waals surface area contributed by atoms with Gasteiger partial charge in [0.2, 0.25) is 0 Å². The van der Waals surface area contributed by atoms with Crippen molar-refractivity contribution in [3.05, 3.63) is 69.8 Å². The molecule has 0 aromatic heterocycles. The van der Waals surface area contributed by atoms with Crippen LogP contribution in [0, 0.1) is 10.1 Å². The lowest BCUT2D eigenvalue weighted by molar-refractivity contribution is -0.384. The molecule has 8 heteroatoms. The first-order chi connectivity index (χ1) is 12.1. The molecule has 2 fully saturated rings. The molecule has 2 aromatic carbocycles. The Morgan fingerprint density at radius 3 is 1.81 bits per heavy atom. The summed E-state index contributed by atoms with van der Waals surface area (Å²) in [6.07, 6.45) is -0.232. The quantitative estimate of drug-likeness (QED) is 0.354. The highest BCUT2D eigenvalue weighted by Crippen LogP contribution is 2.56. The van der Waals surface area contributed by atoms with Crippen molar-refractivity contribution in [1.29, 1.82) is 0 Å². The van der Waals surface area contributed by atoms with Gasteiger partial charge in [-0.2, -0.15) is 0 Å². The molecular formula is C18H16F4N2O2. The van der Waals surface area contributed by atoms with Crippen LogP contribution in [0.25, 0.3) is 0 Å². The molecule has 2 N–H and O–H groups in total. The molecular weight excluding hydrogens is 352 g/mol. The maximum Gasteiger partial charge on any atom is 0.269 e. The van der Waals surface area contributed by atoms with Gasteiger partial charge in [-0.05, 0) is 23.3 Å². The summed E-state index contributed by atoms with van der Waals surface area (Å²) in [7, 11) is 0. The molecule has 0 bridgehead atoms. The number of nitro groups is 1. The average Bonchev–Trinajstić information content (AvgIpc) is 3.42. The summed E-state index contributed by atoms with van der Waals surface area (Å²) in [6.45, 7) is 0. The Kier molecular flexibility index (Phi) is 4.37. The zero-order chi connectivity index (χ0) is 19.1. The topological polar surface area (TPSA) is 69.2 Å². The Morgan fingerprint density at radius 2 is 1.38 bits per heavy atom. The molecule has 26 heavy (non-hydrogen) atoms. The molecule has 2 saturated carbocycles. The van der Waals surface area contributed by atoms with E-state index in [0.717, 1.165) is 0 Å². The van der Waals surface area contributed by atoms with Crippen molar-refractivity contribution in [2.75, 3.05) is 5.73 Å². The van der Waals surface area contributed by atoms with E-state index in [1.165, 1.54) is 24.3 Å². The number of nitro benzene ring substituents is 1. The monoisotopic (exact) mass is 368 g/mol. The van der Waals surface area contributed by atoms with Crippen molar-refractivity contribution in [3.8, 4) is 0 Å². The minimum absolute atomic E-state index is 0.0313. The van der Waals surface area contributed by atoms with E-state index in [1.807, 2.05) is 0 Å². The number of alkyl halides is 4. The van der Waals surface area contributed by atoms with E-state index in [1.54, 1.807) is 24.3 Å². The molecule has 2 aromatic rings. The highest BCUT2D eigenvalue weighted by atomic mass is 19.3. The van der Waals surface area contributed by atoms with Crippen LogP contribution in [-0.4, -0.2) is 16.8 Å². The van der Waals surface area contributed by atoms with E-state index in [4.69, 9.17) is 5.73 Å². The van der Waals surface area contributed by atoms with Gasteiger partial charge in [0, 0.05) is 30.7 Å². The summed E-state index contributed by atoms with van der Waals surface area (Å²) >= 11 is 0. The number of halogens is 4. The summed E-state index contributed by atoms with van der Waals surface area (Å²) in [6, 6.07) is 12.2. The van der Waals surface area contributed by atoms with Crippen molar-refractivity contribution in [1.82, 2.24) is 0 Å². The second kappa shape index (κ2) is 6.26. The average molecular weight is 368 g/mol. The minimum atomic E-state index is -2.67. The van der Waals surface area contributed by atoms with Crippen LogP contribution < -0.4 is 5.73 Å². The van der Waals surface area contributed by atoms with Crippen LogP contribution in [0.2, 0.25) is 0 Å². The van der Waals surface area contributed by atoms with Gasteiger partial charge in [0.25, 0.3) is 17.5 Å². The van der Waals surface area contributed by atoms with Gasteiger partial charge in [-0.1, -0.05) is 24.3 Å². The molecule has 0 spiro atoms. The van der Waals surface area contributed by atoms with Crippen LogP contribution in [0.3, 0.4) is 0 Å². The fraction of sp³-hybridized carbons (Fsp3) is 0.333. The fourth-order valence-electron chi connectivity index (χ4n) is 2.78. The number of anilines is 1. The number of benzene rings is 2. The summed E-state index contributed by atoms with van der Waals surface area (Å²) in [5.74, 6) is -6.59. The molecule has 4 nitrogen and oxygen atoms in total. The lowest BCUT2D eigenvalue weighted by Crippen LogP contribution is -1.94. The van der Waals surface area contributed by atoms with Crippen LogP contribution in [0.15, 0.2) is 48.5 Å². The van der Waals surface area contributed by atoms with Gasteiger partial charge in [0.05, 0.1) is 16.8 Å². The second-order valence-corrected chi connectivity index (χ2v) is 6.56. The molecule has 2 aliphatic carbocycles. The fourth-order valence-corrected chi connectivity index (χ4v) is 2.78. The van der Waals surface area contributed by atoms with Crippen molar-refractivity contribution in [2.24, 2.45) is 0 Å². The maximum absolute atomic E-state index is 12.6. The molecule has 2 unspecified atom stereocenters. The van der Waals surface area contributed by atoms with E-state index in [2.05, 4.69) is 0 Å². The number of hydrogen-bond donors (Lipinski definition) is 1. The Hall–Kier alpha value is -2.64. The van der Waals surface area contributed by atoms with E-state index in [0.29, 0.717) is 16.8 Å². The van der Waals surface area contributed by atoms with Gasteiger partial charge in [-0.25, -0.2) is 17.6 Å². The third-order valence-electron chi connectivity index (χ3n) is 4.45. The molecule has 0 saturated heterocycles. The van der Waals surface area contributed by atoms with Gasteiger partial charge in [-0.3, -0.25) is 10.1 Å². The van der Waals surface area contributed by atoms with Gasteiger partial charge >= 0.3 is 0 Å². The summed E-state index contributed by atoms with van der Waals surface area (Å²) in [5, 5.41) is 10.4. The highest BCUT2D eigenvalue weighted by Gasteiger charge is 2.58. The number of non-ortho nitro benzene ring substituents is 1. The normalized spacial score (nSPS) is 24.2. The van der Waals surface area contributed by atoms with E-state index >= 15 is 0 Å². The predicted molar refractivity (Wildman–Crippen MR) is 88.6 cm³/mol. The van der Waals surface area contributed by atoms with Crippen LogP contribution in [0.4, 0.5) is 28.9 Å². The van der Waals surface area contributed by atoms with Crippen molar-refractivity contribution in [2.45, 2.75) is 36.5 Å². The summed E-state index contributed by atoms with van der Waals surface area (Å²) in [4.78, 5) is 9.80. The lowest BCUT2D eigenvalue weighted by Gasteiger charge is -1.99. The summed E-state index contributed by atoms with van der Waals surface area (Å²) < 4.78 is 50.4. The van der Waals surface area contributed by atoms with E-state index in [9.17, 15) is 27.7 Å². The number of hydrogen-bond acceptors (Lipinski definition) is 3. The molecule has 0 amide bonds. The van der Waals surface area contributed by atoms with Gasteiger partial charge in [0.1, 0.15) is 0 Å². The lowest BCUT2D eigenvalue weighted by atomic mass is 10.1. The van der Waals surface area contributed by atoms with Gasteiger partial charge < -0.3 is 5.73 Å². The maximum atomic E-state index is 12.6. The Bertz CT molecular complexity index is 841. The minimum Gasteiger partial charge on any atom is -0.399 e. The van der Waals surface area contributed by atoms with Gasteiger partial charge in [0.15, 0.2) is 0 Å². The van der Waals surface area contributed by atoms with Crippen LogP contribution in [0.1, 0.15) is 35.8 Å². The Balaban J connectivity index is 0.000000152. The number of nitrogen functional groups attached to an aromatic ring is 1. The van der Waals surface area contributed by atoms with E-state index in [-0.39, 0.29) is 18.5 Å².